The first-order valence-electron chi connectivity index (χ1n) is 6.11. The normalized spacial score (nSPS) is 11.0. The molecule has 5 nitrogen and oxygen atoms in total. The van der Waals surface area contributed by atoms with Crippen molar-refractivity contribution in [3.8, 4) is 0 Å². The number of nitrogens with one attached hydrogen (secondary N) is 1. The zero-order valence-corrected chi connectivity index (χ0v) is 11.0. The van der Waals surface area contributed by atoms with Gasteiger partial charge >= 0.3 is 0 Å². The highest BCUT2D eigenvalue weighted by molar-refractivity contribution is 5.09. The van der Waals surface area contributed by atoms with Crippen LogP contribution in [0.5, 0.6) is 0 Å². The zero-order chi connectivity index (χ0) is 12.8. The largest absolute Gasteiger partial charge is 0.383 e. The van der Waals surface area contributed by atoms with Gasteiger partial charge in [0.05, 0.1) is 13.2 Å². The number of hydrogen-bond donors (Lipinski definition) is 1. The SMILES string of the molecule is COCCNCc1cccn1Cc1nccn1C. The second-order valence-electron chi connectivity index (χ2n) is 4.25. The van der Waals surface area contributed by atoms with E-state index in [0.29, 0.717) is 0 Å². The van der Waals surface area contributed by atoms with Crippen LogP contribution in [-0.4, -0.2) is 34.4 Å². The summed E-state index contributed by atoms with van der Waals surface area (Å²) in [5, 5.41) is 3.35. The number of nitrogens with zero attached hydrogens (tertiary/aromatic N) is 3. The monoisotopic (exact) mass is 248 g/mol. The first-order chi connectivity index (χ1) is 8.81. The number of methoxy groups -OCH3 is 1. The van der Waals surface area contributed by atoms with E-state index in [1.807, 2.05) is 24.0 Å². The smallest absolute Gasteiger partial charge is 0.128 e. The highest BCUT2D eigenvalue weighted by Gasteiger charge is 2.04. The van der Waals surface area contributed by atoms with Gasteiger partial charge in [-0.05, 0) is 12.1 Å². The molecule has 0 radical (unpaired) electrons. The second-order valence-corrected chi connectivity index (χ2v) is 4.25. The van der Waals surface area contributed by atoms with Crippen LogP contribution >= 0.6 is 0 Å². The van der Waals surface area contributed by atoms with Crippen molar-refractivity contribution in [2.45, 2.75) is 13.1 Å². The van der Waals surface area contributed by atoms with Gasteiger partial charge in [-0.25, -0.2) is 4.98 Å². The Labute approximate surface area is 107 Å². The molecule has 2 heterocycles. The molecule has 2 aromatic heterocycles. The Bertz CT molecular complexity index is 475. The van der Waals surface area contributed by atoms with Crippen molar-refractivity contribution < 1.29 is 4.74 Å². The zero-order valence-electron chi connectivity index (χ0n) is 11.0. The molecule has 0 saturated heterocycles. The second kappa shape index (κ2) is 6.37. The maximum Gasteiger partial charge on any atom is 0.128 e. The third-order valence-electron chi connectivity index (χ3n) is 2.95. The van der Waals surface area contributed by atoms with Gasteiger partial charge in [0.25, 0.3) is 0 Å². The molecule has 98 valence electrons. The Morgan fingerprint density at radius 3 is 3.00 bits per heavy atom. The fourth-order valence-electron chi connectivity index (χ4n) is 1.86. The van der Waals surface area contributed by atoms with Crippen molar-refractivity contribution in [3.63, 3.8) is 0 Å². The Balaban J connectivity index is 1.93. The molecule has 0 amide bonds. The van der Waals surface area contributed by atoms with Crippen LogP contribution in [0.2, 0.25) is 0 Å². The highest BCUT2D eigenvalue weighted by atomic mass is 16.5. The maximum atomic E-state index is 5.01. The molecule has 0 aliphatic rings. The minimum Gasteiger partial charge on any atom is -0.383 e. The molecule has 18 heavy (non-hydrogen) atoms. The predicted octanol–water partition coefficient (Wildman–Crippen LogP) is 1.01. The van der Waals surface area contributed by atoms with E-state index in [9.17, 15) is 0 Å². The number of imidazole rings is 1. The molecular formula is C13H20N4O. The minimum atomic E-state index is 0.736. The van der Waals surface area contributed by atoms with Crippen molar-refractivity contribution in [3.05, 3.63) is 42.2 Å². The number of ether oxygens (including phenoxy) is 1. The summed E-state index contributed by atoms with van der Waals surface area (Å²) in [6.45, 7) is 3.25. The first kappa shape index (κ1) is 12.9. The fraction of sp³-hybridized carbons (Fsp3) is 0.462. The van der Waals surface area contributed by atoms with E-state index < -0.39 is 0 Å². The Morgan fingerprint density at radius 1 is 1.39 bits per heavy atom. The van der Waals surface area contributed by atoms with Gasteiger partial charge in [0.15, 0.2) is 0 Å². The summed E-state index contributed by atoms with van der Waals surface area (Å²) in [6.07, 6.45) is 5.88. The van der Waals surface area contributed by atoms with Gasteiger partial charge in [-0.2, -0.15) is 0 Å². The number of aryl methyl sites for hydroxylation is 1. The Kier molecular flexibility index (Phi) is 4.55. The first-order valence-corrected chi connectivity index (χ1v) is 6.11. The van der Waals surface area contributed by atoms with Crippen LogP contribution < -0.4 is 5.32 Å². The summed E-state index contributed by atoms with van der Waals surface area (Å²) in [4.78, 5) is 4.34. The van der Waals surface area contributed by atoms with Gasteiger partial charge in [0.1, 0.15) is 5.82 Å². The molecule has 0 spiro atoms. The highest BCUT2D eigenvalue weighted by Crippen LogP contribution is 2.06. The molecule has 2 rings (SSSR count). The molecule has 5 heteroatoms. The van der Waals surface area contributed by atoms with Crippen LogP contribution in [0.3, 0.4) is 0 Å². The van der Waals surface area contributed by atoms with E-state index in [1.165, 1.54) is 5.69 Å². The third-order valence-corrected chi connectivity index (χ3v) is 2.95. The number of rotatable bonds is 7. The molecule has 0 aliphatic carbocycles. The topological polar surface area (TPSA) is 44.0 Å². The van der Waals surface area contributed by atoms with Crippen LogP contribution in [-0.2, 0) is 24.9 Å². The molecule has 0 atom stereocenters. The lowest BCUT2D eigenvalue weighted by Gasteiger charge is -2.10. The molecule has 0 bridgehead atoms. The molecule has 0 fully saturated rings. The molecule has 1 N–H and O–H groups in total. The van der Waals surface area contributed by atoms with Crippen LogP contribution in [0.15, 0.2) is 30.7 Å². The summed E-state index contributed by atoms with van der Waals surface area (Å²) < 4.78 is 9.26. The molecule has 2 aromatic rings. The van der Waals surface area contributed by atoms with Gasteiger partial charge in [-0.3, -0.25) is 0 Å². The number of aromatic nitrogens is 3. The van der Waals surface area contributed by atoms with Crippen LogP contribution in [0.25, 0.3) is 0 Å². The Morgan fingerprint density at radius 2 is 2.28 bits per heavy atom. The molecule has 0 unspecified atom stereocenters. The van der Waals surface area contributed by atoms with Crippen molar-refractivity contribution in [1.29, 1.82) is 0 Å². The van der Waals surface area contributed by atoms with E-state index >= 15 is 0 Å². The van der Waals surface area contributed by atoms with E-state index in [1.54, 1.807) is 7.11 Å². The van der Waals surface area contributed by atoms with E-state index in [4.69, 9.17) is 4.74 Å². The summed E-state index contributed by atoms with van der Waals surface area (Å²) in [6, 6.07) is 4.19. The van der Waals surface area contributed by atoms with Crippen molar-refractivity contribution >= 4 is 0 Å². The molecule has 0 aromatic carbocycles. The average Bonchev–Trinajstić information content (AvgIpc) is 2.96. The van der Waals surface area contributed by atoms with Crippen LogP contribution in [0, 0.1) is 0 Å². The van der Waals surface area contributed by atoms with E-state index in [-0.39, 0.29) is 0 Å². The van der Waals surface area contributed by atoms with Crippen LogP contribution in [0.1, 0.15) is 11.5 Å². The molecule has 0 aliphatic heterocycles. The van der Waals surface area contributed by atoms with Crippen molar-refractivity contribution in [2.75, 3.05) is 20.3 Å². The van der Waals surface area contributed by atoms with Gasteiger partial charge in [0, 0.05) is 51.5 Å². The third kappa shape index (κ3) is 3.21. The summed E-state index contributed by atoms with van der Waals surface area (Å²) in [5.41, 5.74) is 1.26. The predicted molar refractivity (Wildman–Crippen MR) is 70.3 cm³/mol. The van der Waals surface area contributed by atoms with E-state index in [2.05, 4.69) is 33.2 Å². The van der Waals surface area contributed by atoms with Gasteiger partial charge < -0.3 is 19.2 Å². The van der Waals surface area contributed by atoms with Crippen LogP contribution in [0.4, 0.5) is 0 Å². The lowest BCUT2D eigenvalue weighted by atomic mass is 10.4. The summed E-state index contributed by atoms with van der Waals surface area (Å²) in [7, 11) is 3.73. The molecule has 0 saturated carbocycles. The van der Waals surface area contributed by atoms with Crippen molar-refractivity contribution in [2.24, 2.45) is 7.05 Å². The van der Waals surface area contributed by atoms with Crippen molar-refractivity contribution in [1.82, 2.24) is 19.4 Å². The minimum absolute atomic E-state index is 0.736. The van der Waals surface area contributed by atoms with Gasteiger partial charge in [0.2, 0.25) is 0 Å². The quantitative estimate of drug-likeness (QED) is 0.744. The van der Waals surface area contributed by atoms with E-state index in [0.717, 1.165) is 32.1 Å². The number of hydrogen-bond acceptors (Lipinski definition) is 3. The lowest BCUT2D eigenvalue weighted by molar-refractivity contribution is 0.199. The van der Waals surface area contributed by atoms with Gasteiger partial charge in [-0.1, -0.05) is 0 Å². The summed E-state index contributed by atoms with van der Waals surface area (Å²) in [5.74, 6) is 1.06. The summed E-state index contributed by atoms with van der Waals surface area (Å²) >= 11 is 0. The maximum absolute atomic E-state index is 5.01. The standard InChI is InChI=1S/C13H20N4O/c1-16-8-5-15-13(16)11-17-7-3-4-12(17)10-14-6-9-18-2/h3-5,7-8,14H,6,9-11H2,1-2H3. The van der Waals surface area contributed by atoms with Gasteiger partial charge in [-0.15, -0.1) is 0 Å². The lowest BCUT2D eigenvalue weighted by Crippen LogP contribution is -2.20. The average molecular weight is 248 g/mol. The fourth-order valence-corrected chi connectivity index (χ4v) is 1.86. The Hall–Kier alpha value is -1.59. The molecular weight excluding hydrogens is 228 g/mol.